The molecule has 1 amide bonds. The SMILES string of the molecule is C[Si](C)(C)CCOC(=O)NCc1cc([N+](=O)[O-])ccc1C#N. The number of nitro benzene ring substituents is 1. The number of rotatable bonds is 6. The number of nitrogens with zero attached hydrogens (tertiary/aromatic N) is 2. The Morgan fingerprint density at radius 2 is 2.14 bits per heavy atom. The van der Waals surface area contributed by atoms with E-state index < -0.39 is 19.1 Å². The van der Waals surface area contributed by atoms with Crippen molar-refractivity contribution in [2.75, 3.05) is 6.61 Å². The first kappa shape index (κ1) is 17.6. The summed E-state index contributed by atoms with van der Waals surface area (Å²) in [5, 5.41) is 22.2. The third-order valence-electron chi connectivity index (χ3n) is 2.93. The molecule has 0 fully saturated rings. The minimum absolute atomic E-state index is 0.0103. The van der Waals surface area contributed by atoms with Crippen molar-refractivity contribution in [3.63, 3.8) is 0 Å². The van der Waals surface area contributed by atoms with Gasteiger partial charge in [0.05, 0.1) is 23.2 Å². The van der Waals surface area contributed by atoms with Crippen LogP contribution in [0.1, 0.15) is 11.1 Å². The highest BCUT2D eigenvalue weighted by atomic mass is 28.3. The van der Waals surface area contributed by atoms with E-state index in [1.807, 2.05) is 6.07 Å². The minimum Gasteiger partial charge on any atom is -0.450 e. The lowest BCUT2D eigenvalue weighted by atomic mass is 10.1. The molecule has 8 heteroatoms. The largest absolute Gasteiger partial charge is 0.450 e. The average Bonchev–Trinajstić information content (AvgIpc) is 2.43. The number of ether oxygens (including phenoxy) is 1. The van der Waals surface area contributed by atoms with Crippen molar-refractivity contribution in [2.24, 2.45) is 0 Å². The van der Waals surface area contributed by atoms with Gasteiger partial charge in [0.25, 0.3) is 5.69 Å². The van der Waals surface area contributed by atoms with Gasteiger partial charge in [-0.2, -0.15) is 5.26 Å². The van der Waals surface area contributed by atoms with Crippen LogP contribution in [0.2, 0.25) is 25.7 Å². The van der Waals surface area contributed by atoms with Gasteiger partial charge in [0.1, 0.15) is 0 Å². The van der Waals surface area contributed by atoms with Crippen LogP contribution in [0.15, 0.2) is 18.2 Å². The molecule has 0 radical (unpaired) electrons. The van der Waals surface area contributed by atoms with Crippen molar-refractivity contribution < 1.29 is 14.5 Å². The van der Waals surface area contributed by atoms with Crippen LogP contribution in [0, 0.1) is 21.4 Å². The summed E-state index contributed by atoms with van der Waals surface area (Å²) >= 11 is 0. The van der Waals surface area contributed by atoms with Crippen molar-refractivity contribution in [1.82, 2.24) is 5.32 Å². The molecule has 0 heterocycles. The highest BCUT2D eigenvalue weighted by Crippen LogP contribution is 2.17. The summed E-state index contributed by atoms with van der Waals surface area (Å²) in [6, 6.07) is 6.70. The van der Waals surface area contributed by atoms with Gasteiger partial charge in [-0.15, -0.1) is 0 Å². The fourth-order valence-electron chi connectivity index (χ4n) is 1.62. The number of nitrogens with one attached hydrogen (secondary N) is 1. The molecule has 0 aromatic heterocycles. The van der Waals surface area contributed by atoms with E-state index in [0.717, 1.165) is 6.04 Å². The van der Waals surface area contributed by atoms with Crippen LogP contribution in [0.5, 0.6) is 0 Å². The molecule has 0 unspecified atom stereocenters. The van der Waals surface area contributed by atoms with Crippen LogP contribution < -0.4 is 5.32 Å². The summed E-state index contributed by atoms with van der Waals surface area (Å²) in [5.41, 5.74) is 0.551. The first-order valence-corrected chi connectivity index (χ1v) is 10.5. The number of alkyl carbamates (subject to hydrolysis) is 1. The van der Waals surface area contributed by atoms with Crippen LogP contribution in [0.25, 0.3) is 0 Å². The molecule has 0 aliphatic heterocycles. The average molecular weight is 321 g/mol. The lowest BCUT2D eigenvalue weighted by molar-refractivity contribution is -0.384. The van der Waals surface area contributed by atoms with Gasteiger partial charge in [0, 0.05) is 26.8 Å². The number of nitro groups is 1. The Labute approximate surface area is 130 Å². The lowest BCUT2D eigenvalue weighted by Crippen LogP contribution is -2.27. The summed E-state index contributed by atoms with van der Waals surface area (Å²) in [6.45, 7) is 6.89. The molecule has 0 aliphatic carbocycles. The topological polar surface area (TPSA) is 105 Å². The molecule has 0 saturated carbocycles. The zero-order valence-electron chi connectivity index (χ0n) is 12.9. The number of hydrogen-bond acceptors (Lipinski definition) is 5. The van der Waals surface area contributed by atoms with Crippen molar-refractivity contribution in [2.45, 2.75) is 32.2 Å². The highest BCUT2D eigenvalue weighted by Gasteiger charge is 2.15. The van der Waals surface area contributed by atoms with E-state index >= 15 is 0 Å². The quantitative estimate of drug-likeness (QED) is 0.492. The fraction of sp³-hybridized carbons (Fsp3) is 0.429. The smallest absolute Gasteiger partial charge is 0.407 e. The molecule has 0 saturated heterocycles. The Kier molecular flexibility index (Phi) is 6.07. The van der Waals surface area contributed by atoms with Gasteiger partial charge in [0.2, 0.25) is 0 Å². The number of carbonyl (C=O) groups is 1. The zero-order chi connectivity index (χ0) is 16.8. The molecular formula is C14H19N3O4Si. The second kappa shape index (κ2) is 7.56. The maximum atomic E-state index is 11.6. The Morgan fingerprint density at radius 3 is 2.68 bits per heavy atom. The van der Waals surface area contributed by atoms with Crippen molar-refractivity contribution in [3.8, 4) is 6.07 Å². The van der Waals surface area contributed by atoms with Gasteiger partial charge in [-0.25, -0.2) is 4.79 Å². The van der Waals surface area contributed by atoms with Crippen LogP contribution in [0.4, 0.5) is 10.5 Å². The predicted octanol–water partition coefficient (Wildman–Crippen LogP) is 3.03. The molecule has 1 aromatic rings. The molecule has 0 atom stereocenters. The molecule has 0 spiro atoms. The van der Waals surface area contributed by atoms with Crippen LogP contribution in [-0.2, 0) is 11.3 Å². The van der Waals surface area contributed by atoms with Gasteiger partial charge in [0.15, 0.2) is 0 Å². The second-order valence-electron chi connectivity index (χ2n) is 6.01. The van der Waals surface area contributed by atoms with E-state index in [0.29, 0.717) is 12.2 Å². The Balaban J connectivity index is 2.60. The summed E-state index contributed by atoms with van der Waals surface area (Å²) in [7, 11) is -1.27. The van der Waals surface area contributed by atoms with E-state index in [1.165, 1.54) is 18.2 Å². The minimum atomic E-state index is -1.27. The molecule has 22 heavy (non-hydrogen) atoms. The maximum Gasteiger partial charge on any atom is 0.407 e. The van der Waals surface area contributed by atoms with Crippen LogP contribution >= 0.6 is 0 Å². The summed E-state index contributed by atoms with van der Waals surface area (Å²) in [4.78, 5) is 21.8. The van der Waals surface area contributed by atoms with E-state index in [4.69, 9.17) is 10.00 Å². The van der Waals surface area contributed by atoms with Gasteiger partial charge in [-0.05, 0) is 17.7 Å². The highest BCUT2D eigenvalue weighted by molar-refractivity contribution is 6.76. The third kappa shape index (κ3) is 5.93. The third-order valence-corrected chi connectivity index (χ3v) is 4.63. The fourth-order valence-corrected chi connectivity index (χ4v) is 2.33. The molecule has 1 rings (SSSR count). The zero-order valence-corrected chi connectivity index (χ0v) is 13.9. The van der Waals surface area contributed by atoms with Crippen LogP contribution in [-0.4, -0.2) is 25.7 Å². The van der Waals surface area contributed by atoms with Crippen molar-refractivity contribution >= 4 is 19.9 Å². The van der Waals surface area contributed by atoms with Crippen LogP contribution in [0.3, 0.4) is 0 Å². The number of amides is 1. The molecule has 118 valence electrons. The van der Waals surface area contributed by atoms with Gasteiger partial charge >= 0.3 is 6.09 Å². The van der Waals surface area contributed by atoms with Gasteiger partial charge in [-0.1, -0.05) is 19.6 Å². The molecular weight excluding hydrogens is 302 g/mol. The van der Waals surface area contributed by atoms with Gasteiger partial charge in [-0.3, -0.25) is 10.1 Å². The lowest BCUT2D eigenvalue weighted by Gasteiger charge is -2.15. The second-order valence-corrected chi connectivity index (χ2v) is 11.6. The predicted molar refractivity (Wildman–Crippen MR) is 84.2 cm³/mol. The Hall–Kier alpha value is -2.40. The summed E-state index contributed by atoms with van der Waals surface area (Å²) < 4.78 is 5.06. The molecule has 1 N–H and O–H groups in total. The Bertz CT molecular complexity index is 605. The summed E-state index contributed by atoms with van der Waals surface area (Å²) in [5.74, 6) is 0. The normalized spacial score (nSPS) is 10.6. The number of non-ortho nitro benzene ring substituents is 1. The van der Waals surface area contributed by atoms with Crippen molar-refractivity contribution in [3.05, 3.63) is 39.4 Å². The van der Waals surface area contributed by atoms with E-state index in [2.05, 4.69) is 25.0 Å². The standard InChI is InChI=1S/C14H19N3O4Si/c1-22(2,3)7-6-21-14(18)16-10-12-8-13(17(19)20)5-4-11(12)9-15/h4-5,8H,6-7,10H2,1-3H3,(H,16,18). The number of carbonyl (C=O) groups excluding carboxylic acids is 1. The maximum absolute atomic E-state index is 11.6. The number of benzene rings is 1. The molecule has 0 aliphatic rings. The first-order valence-electron chi connectivity index (χ1n) is 6.81. The van der Waals surface area contributed by atoms with E-state index in [1.54, 1.807) is 0 Å². The van der Waals surface area contributed by atoms with Crippen molar-refractivity contribution in [1.29, 1.82) is 5.26 Å². The molecule has 1 aromatic carbocycles. The molecule has 0 bridgehead atoms. The number of nitriles is 1. The monoisotopic (exact) mass is 321 g/mol. The first-order chi connectivity index (χ1) is 10.2. The van der Waals surface area contributed by atoms with E-state index in [9.17, 15) is 14.9 Å². The van der Waals surface area contributed by atoms with E-state index in [-0.39, 0.29) is 17.8 Å². The Morgan fingerprint density at radius 1 is 1.45 bits per heavy atom. The molecule has 7 nitrogen and oxygen atoms in total. The summed E-state index contributed by atoms with van der Waals surface area (Å²) in [6.07, 6.45) is -0.589. The number of hydrogen-bond donors (Lipinski definition) is 1. The van der Waals surface area contributed by atoms with Gasteiger partial charge < -0.3 is 10.1 Å².